The summed E-state index contributed by atoms with van der Waals surface area (Å²) in [5.41, 5.74) is 2.82. The van der Waals surface area contributed by atoms with Crippen molar-refractivity contribution in [1.29, 1.82) is 0 Å². The van der Waals surface area contributed by atoms with E-state index in [0.29, 0.717) is 6.04 Å². The van der Waals surface area contributed by atoms with E-state index in [2.05, 4.69) is 17.4 Å². The fraction of sp³-hybridized carbons (Fsp3) is 0.400. The average Bonchev–Trinajstić information content (AvgIpc) is 2.46. The number of nitrogens with one attached hydrogen (secondary N) is 1. The minimum absolute atomic E-state index is 0.539. The third kappa shape index (κ3) is 1.23. The number of hydrogen-bond acceptors (Lipinski definition) is 1. The summed E-state index contributed by atoms with van der Waals surface area (Å²) in [5, 5.41) is 4.15. The zero-order chi connectivity index (χ0) is 8.55. The molecule has 1 aliphatic carbocycles. The van der Waals surface area contributed by atoms with Crippen molar-refractivity contribution in [1.82, 2.24) is 5.32 Å². The van der Waals surface area contributed by atoms with Crippen LogP contribution in [0.2, 0.25) is 5.02 Å². The lowest BCUT2D eigenvalue weighted by Gasteiger charge is -2.09. The molecule has 0 saturated heterocycles. The van der Waals surface area contributed by atoms with Crippen LogP contribution in [0.3, 0.4) is 0 Å². The van der Waals surface area contributed by atoms with Gasteiger partial charge in [0.1, 0.15) is 0 Å². The van der Waals surface area contributed by atoms with Crippen molar-refractivity contribution < 1.29 is 0 Å². The first-order chi connectivity index (χ1) is 5.81. The van der Waals surface area contributed by atoms with Gasteiger partial charge in [0.05, 0.1) is 0 Å². The predicted molar refractivity (Wildman–Crippen MR) is 51.6 cm³/mol. The summed E-state index contributed by atoms with van der Waals surface area (Å²) < 4.78 is 0. The molecular weight excluding hydrogens is 170 g/mol. The van der Waals surface area contributed by atoms with Crippen LogP contribution in [0.15, 0.2) is 18.2 Å². The summed E-state index contributed by atoms with van der Waals surface area (Å²) in [6.45, 7) is 0. The summed E-state index contributed by atoms with van der Waals surface area (Å²) in [6.07, 6.45) is 2.35. The molecule has 2 heteroatoms. The minimum atomic E-state index is 0.539. The molecule has 2 rings (SSSR count). The monoisotopic (exact) mass is 181 g/mol. The molecule has 64 valence electrons. The van der Waals surface area contributed by atoms with E-state index >= 15 is 0 Å². The summed E-state index contributed by atoms with van der Waals surface area (Å²) in [6, 6.07) is 6.72. The van der Waals surface area contributed by atoms with Crippen LogP contribution in [0.25, 0.3) is 0 Å². The van der Waals surface area contributed by atoms with Gasteiger partial charge in [-0.2, -0.15) is 0 Å². The predicted octanol–water partition coefficient (Wildman–Crippen LogP) is 2.55. The van der Waals surface area contributed by atoms with Crippen LogP contribution in [0.1, 0.15) is 23.6 Å². The maximum Gasteiger partial charge on any atom is 0.0408 e. The molecule has 0 aliphatic heterocycles. The quantitative estimate of drug-likeness (QED) is 0.702. The van der Waals surface area contributed by atoms with Crippen molar-refractivity contribution in [2.45, 2.75) is 18.9 Å². The van der Waals surface area contributed by atoms with E-state index in [1.54, 1.807) is 0 Å². The summed E-state index contributed by atoms with van der Waals surface area (Å²) >= 11 is 5.89. The van der Waals surface area contributed by atoms with Crippen LogP contribution in [0.4, 0.5) is 0 Å². The van der Waals surface area contributed by atoms with E-state index < -0.39 is 0 Å². The smallest absolute Gasteiger partial charge is 0.0408 e. The van der Waals surface area contributed by atoms with Gasteiger partial charge in [0.25, 0.3) is 0 Å². The highest BCUT2D eigenvalue weighted by molar-refractivity contribution is 6.30. The summed E-state index contributed by atoms with van der Waals surface area (Å²) in [4.78, 5) is 0. The average molecular weight is 182 g/mol. The number of aryl methyl sites for hydroxylation is 1. The molecule has 0 heterocycles. The second-order valence-electron chi connectivity index (χ2n) is 3.22. The Morgan fingerprint density at radius 3 is 3.08 bits per heavy atom. The Hall–Kier alpha value is -0.530. The van der Waals surface area contributed by atoms with Gasteiger partial charge >= 0.3 is 0 Å². The summed E-state index contributed by atoms with van der Waals surface area (Å²) in [5.74, 6) is 0. The van der Waals surface area contributed by atoms with Crippen LogP contribution >= 0.6 is 11.6 Å². The van der Waals surface area contributed by atoms with Gasteiger partial charge < -0.3 is 5.32 Å². The third-order valence-corrected chi connectivity index (χ3v) is 2.77. The van der Waals surface area contributed by atoms with E-state index in [1.165, 1.54) is 17.5 Å². The van der Waals surface area contributed by atoms with Crippen molar-refractivity contribution >= 4 is 11.6 Å². The fourth-order valence-corrected chi connectivity index (χ4v) is 2.08. The Bertz CT molecular complexity index is 296. The van der Waals surface area contributed by atoms with E-state index in [-0.39, 0.29) is 0 Å². The SMILES string of the molecule is CNC1CCc2cc(Cl)ccc21. The zero-order valence-electron chi connectivity index (χ0n) is 7.10. The Labute approximate surface area is 77.7 Å². The number of rotatable bonds is 1. The van der Waals surface area contributed by atoms with Gasteiger partial charge in [0.2, 0.25) is 0 Å². The zero-order valence-corrected chi connectivity index (χ0v) is 7.86. The molecule has 0 fully saturated rings. The lowest BCUT2D eigenvalue weighted by atomic mass is 10.1. The Morgan fingerprint density at radius 1 is 1.50 bits per heavy atom. The maximum atomic E-state index is 5.89. The van der Waals surface area contributed by atoms with Crippen molar-refractivity contribution in [2.24, 2.45) is 0 Å². The molecule has 1 N–H and O–H groups in total. The van der Waals surface area contributed by atoms with E-state index in [1.807, 2.05) is 13.1 Å². The lowest BCUT2D eigenvalue weighted by molar-refractivity contribution is 0.590. The number of hydrogen-bond donors (Lipinski definition) is 1. The maximum absolute atomic E-state index is 5.89. The Balaban J connectivity index is 2.40. The van der Waals surface area contributed by atoms with Crippen molar-refractivity contribution in [3.8, 4) is 0 Å². The molecule has 1 unspecified atom stereocenters. The van der Waals surface area contributed by atoms with Crippen LogP contribution in [0, 0.1) is 0 Å². The molecule has 1 aromatic carbocycles. The fourth-order valence-electron chi connectivity index (χ4n) is 1.89. The second kappa shape index (κ2) is 3.08. The van der Waals surface area contributed by atoms with Gasteiger partial charge in [-0.1, -0.05) is 17.7 Å². The van der Waals surface area contributed by atoms with E-state index in [4.69, 9.17) is 11.6 Å². The van der Waals surface area contributed by atoms with Crippen molar-refractivity contribution in [2.75, 3.05) is 7.05 Å². The molecule has 1 atom stereocenters. The van der Waals surface area contributed by atoms with Gasteiger partial charge in [-0.05, 0) is 43.1 Å². The van der Waals surface area contributed by atoms with E-state index in [9.17, 15) is 0 Å². The normalized spacial score (nSPS) is 21.0. The molecule has 0 radical (unpaired) electrons. The molecule has 0 bridgehead atoms. The molecular formula is C10H12ClN. The lowest BCUT2D eigenvalue weighted by Crippen LogP contribution is -2.12. The second-order valence-corrected chi connectivity index (χ2v) is 3.66. The van der Waals surface area contributed by atoms with Gasteiger partial charge in [-0.25, -0.2) is 0 Å². The number of halogens is 1. The molecule has 0 saturated carbocycles. The van der Waals surface area contributed by atoms with Gasteiger partial charge in [0.15, 0.2) is 0 Å². The molecule has 12 heavy (non-hydrogen) atoms. The van der Waals surface area contributed by atoms with Crippen LogP contribution in [0.5, 0.6) is 0 Å². The molecule has 1 aromatic rings. The van der Waals surface area contributed by atoms with Gasteiger partial charge in [-0.15, -0.1) is 0 Å². The number of benzene rings is 1. The number of fused-ring (bicyclic) bond motifs is 1. The molecule has 0 spiro atoms. The minimum Gasteiger partial charge on any atom is -0.313 e. The Kier molecular flexibility index (Phi) is 2.07. The van der Waals surface area contributed by atoms with Crippen LogP contribution in [-0.2, 0) is 6.42 Å². The third-order valence-electron chi connectivity index (χ3n) is 2.53. The molecule has 0 amide bonds. The van der Waals surface area contributed by atoms with E-state index in [0.717, 1.165) is 11.4 Å². The molecule has 0 aromatic heterocycles. The van der Waals surface area contributed by atoms with Crippen LogP contribution in [-0.4, -0.2) is 7.05 Å². The van der Waals surface area contributed by atoms with Crippen LogP contribution < -0.4 is 5.32 Å². The first-order valence-electron chi connectivity index (χ1n) is 4.27. The topological polar surface area (TPSA) is 12.0 Å². The highest BCUT2D eigenvalue weighted by Crippen LogP contribution is 2.32. The Morgan fingerprint density at radius 2 is 2.33 bits per heavy atom. The highest BCUT2D eigenvalue weighted by Gasteiger charge is 2.20. The standard InChI is InChI=1S/C10H12ClN/c1-12-10-5-2-7-6-8(11)3-4-9(7)10/h3-4,6,10,12H,2,5H2,1H3. The first-order valence-corrected chi connectivity index (χ1v) is 4.64. The summed E-state index contributed by atoms with van der Waals surface area (Å²) in [7, 11) is 2.01. The van der Waals surface area contributed by atoms with Crippen molar-refractivity contribution in [3.63, 3.8) is 0 Å². The molecule has 1 aliphatic rings. The highest BCUT2D eigenvalue weighted by atomic mass is 35.5. The van der Waals surface area contributed by atoms with Crippen molar-refractivity contribution in [3.05, 3.63) is 34.3 Å². The van der Waals surface area contributed by atoms with Gasteiger partial charge in [-0.3, -0.25) is 0 Å². The first kappa shape index (κ1) is 8.09. The largest absolute Gasteiger partial charge is 0.313 e. The van der Waals surface area contributed by atoms with Gasteiger partial charge in [0, 0.05) is 11.1 Å². The molecule has 1 nitrogen and oxygen atoms in total.